The van der Waals surface area contributed by atoms with E-state index in [1.165, 1.54) is 11.8 Å². The Morgan fingerprint density at radius 1 is 0.941 bits per heavy atom. The standard InChI is InChI=1S/C11H11ClN4S/c1-6-4-7(2)14-11(13-6)17-10-5-9(12)15-8(3)16-10/h4-5H,1-3H3. The van der Waals surface area contributed by atoms with Gasteiger partial charge in [-0.3, -0.25) is 0 Å². The first kappa shape index (κ1) is 12.3. The lowest BCUT2D eigenvalue weighted by Gasteiger charge is -2.03. The van der Waals surface area contributed by atoms with Crippen molar-refractivity contribution in [2.24, 2.45) is 0 Å². The minimum Gasteiger partial charge on any atom is -0.228 e. The minimum atomic E-state index is 0.435. The first-order valence-corrected chi connectivity index (χ1v) is 6.24. The van der Waals surface area contributed by atoms with E-state index in [2.05, 4.69) is 19.9 Å². The highest BCUT2D eigenvalue weighted by atomic mass is 35.5. The Hall–Kier alpha value is -1.20. The molecule has 0 spiro atoms. The van der Waals surface area contributed by atoms with E-state index in [1.54, 1.807) is 13.0 Å². The van der Waals surface area contributed by atoms with Crippen LogP contribution in [0.1, 0.15) is 17.2 Å². The minimum absolute atomic E-state index is 0.435. The van der Waals surface area contributed by atoms with Crippen LogP contribution in [0.3, 0.4) is 0 Å². The Morgan fingerprint density at radius 3 is 2.18 bits per heavy atom. The first-order valence-electron chi connectivity index (χ1n) is 5.04. The van der Waals surface area contributed by atoms with Crippen molar-refractivity contribution in [2.75, 3.05) is 0 Å². The van der Waals surface area contributed by atoms with Crippen molar-refractivity contribution < 1.29 is 0 Å². The number of hydrogen-bond acceptors (Lipinski definition) is 5. The normalized spacial score (nSPS) is 10.6. The van der Waals surface area contributed by atoms with Gasteiger partial charge in [0.05, 0.1) is 0 Å². The highest BCUT2D eigenvalue weighted by molar-refractivity contribution is 7.99. The van der Waals surface area contributed by atoms with Gasteiger partial charge in [-0.15, -0.1) is 0 Å². The Morgan fingerprint density at radius 2 is 1.59 bits per heavy atom. The summed E-state index contributed by atoms with van der Waals surface area (Å²) in [6.45, 7) is 5.69. The molecule has 2 aromatic rings. The largest absolute Gasteiger partial charge is 0.228 e. The van der Waals surface area contributed by atoms with Crippen molar-refractivity contribution in [2.45, 2.75) is 31.0 Å². The first-order chi connectivity index (χ1) is 8.02. The molecular weight excluding hydrogens is 256 g/mol. The highest BCUT2D eigenvalue weighted by Crippen LogP contribution is 2.24. The molecule has 0 bridgehead atoms. The molecular formula is C11H11ClN4S. The molecule has 2 rings (SSSR count). The van der Waals surface area contributed by atoms with E-state index in [-0.39, 0.29) is 0 Å². The van der Waals surface area contributed by atoms with Crippen molar-refractivity contribution in [1.29, 1.82) is 0 Å². The van der Waals surface area contributed by atoms with E-state index in [0.717, 1.165) is 16.4 Å². The molecule has 17 heavy (non-hydrogen) atoms. The van der Waals surface area contributed by atoms with Crippen LogP contribution in [-0.4, -0.2) is 19.9 Å². The van der Waals surface area contributed by atoms with Gasteiger partial charge in [0.25, 0.3) is 0 Å². The summed E-state index contributed by atoms with van der Waals surface area (Å²) in [6, 6.07) is 3.64. The Bertz CT molecular complexity index is 469. The maximum absolute atomic E-state index is 5.87. The summed E-state index contributed by atoms with van der Waals surface area (Å²) in [5.74, 6) is 0.643. The molecule has 0 aliphatic heterocycles. The third kappa shape index (κ3) is 3.38. The van der Waals surface area contributed by atoms with Crippen molar-refractivity contribution in [3.63, 3.8) is 0 Å². The molecule has 0 aromatic carbocycles. The molecule has 0 unspecified atom stereocenters. The number of aryl methyl sites for hydroxylation is 3. The summed E-state index contributed by atoms with van der Waals surface area (Å²) in [5.41, 5.74) is 1.88. The maximum Gasteiger partial charge on any atom is 0.194 e. The van der Waals surface area contributed by atoms with Gasteiger partial charge < -0.3 is 0 Å². The summed E-state index contributed by atoms with van der Waals surface area (Å²) < 4.78 is 0. The fourth-order valence-corrected chi connectivity index (χ4v) is 2.60. The van der Waals surface area contributed by atoms with Crippen LogP contribution in [-0.2, 0) is 0 Å². The zero-order valence-electron chi connectivity index (χ0n) is 9.73. The second-order valence-electron chi connectivity index (χ2n) is 3.61. The molecule has 0 amide bonds. The predicted octanol–water partition coefficient (Wildman–Crippen LogP) is 3.00. The van der Waals surface area contributed by atoms with Crippen LogP contribution in [0.5, 0.6) is 0 Å². The van der Waals surface area contributed by atoms with Crippen molar-refractivity contribution in [1.82, 2.24) is 19.9 Å². The highest BCUT2D eigenvalue weighted by Gasteiger charge is 2.06. The summed E-state index contributed by atoms with van der Waals surface area (Å²) in [6.07, 6.45) is 0. The van der Waals surface area contributed by atoms with Crippen LogP contribution >= 0.6 is 23.4 Å². The topological polar surface area (TPSA) is 51.6 Å². The van der Waals surface area contributed by atoms with Crippen LogP contribution in [0.15, 0.2) is 22.3 Å². The second-order valence-corrected chi connectivity index (χ2v) is 4.99. The number of rotatable bonds is 2. The fraction of sp³-hybridized carbons (Fsp3) is 0.273. The van der Waals surface area contributed by atoms with Gasteiger partial charge >= 0.3 is 0 Å². The summed E-state index contributed by atoms with van der Waals surface area (Å²) in [5, 5.41) is 1.87. The Labute approximate surface area is 109 Å². The lowest BCUT2D eigenvalue weighted by molar-refractivity contribution is 0.893. The molecule has 0 aliphatic carbocycles. The number of nitrogens with zero attached hydrogens (tertiary/aromatic N) is 4. The third-order valence-corrected chi connectivity index (χ3v) is 2.92. The smallest absolute Gasteiger partial charge is 0.194 e. The molecule has 2 aromatic heterocycles. The molecule has 0 saturated heterocycles. The van der Waals surface area contributed by atoms with E-state index >= 15 is 0 Å². The van der Waals surface area contributed by atoms with Crippen molar-refractivity contribution in [3.8, 4) is 0 Å². The number of hydrogen-bond donors (Lipinski definition) is 0. The van der Waals surface area contributed by atoms with Crippen LogP contribution < -0.4 is 0 Å². The molecule has 0 atom stereocenters. The zero-order chi connectivity index (χ0) is 12.4. The van der Waals surface area contributed by atoms with Crippen LogP contribution in [0.4, 0.5) is 0 Å². The quantitative estimate of drug-likeness (QED) is 0.618. The zero-order valence-corrected chi connectivity index (χ0v) is 11.3. The molecule has 4 nitrogen and oxygen atoms in total. The van der Waals surface area contributed by atoms with Gasteiger partial charge in [0, 0.05) is 17.5 Å². The lowest BCUT2D eigenvalue weighted by atomic mass is 10.4. The number of halogens is 1. The van der Waals surface area contributed by atoms with E-state index in [1.807, 2.05) is 19.9 Å². The van der Waals surface area contributed by atoms with Gasteiger partial charge in [0.1, 0.15) is 16.0 Å². The molecule has 88 valence electrons. The molecule has 0 aliphatic rings. The average Bonchev–Trinajstić information content (AvgIpc) is 2.13. The summed E-state index contributed by atoms with van der Waals surface area (Å²) >= 11 is 7.26. The van der Waals surface area contributed by atoms with Crippen LogP contribution in [0.25, 0.3) is 0 Å². The molecule has 0 radical (unpaired) electrons. The fourth-order valence-electron chi connectivity index (χ4n) is 1.39. The van der Waals surface area contributed by atoms with E-state index in [9.17, 15) is 0 Å². The molecule has 2 heterocycles. The summed E-state index contributed by atoms with van der Waals surface area (Å²) in [7, 11) is 0. The monoisotopic (exact) mass is 266 g/mol. The molecule has 6 heteroatoms. The third-order valence-electron chi connectivity index (χ3n) is 1.94. The summed E-state index contributed by atoms with van der Waals surface area (Å²) in [4.78, 5) is 17.0. The van der Waals surface area contributed by atoms with Crippen molar-refractivity contribution in [3.05, 3.63) is 34.5 Å². The van der Waals surface area contributed by atoms with E-state index < -0.39 is 0 Å². The van der Waals surface area contributed by atoms with Crippen molar-refractivity contribution >= 4 is 23.4 Å². The van der Waals surface area contributed by atoms with Gasteiger partial charge in [-0.25, -0.2) is 19.9 Å². The van der Waals surface area contributed by atoms with Crippen LogP contribution in [0.2, 0.25) is 5.15 Å². The lowest BCUT2D eigenvalue weighted by Crippen LogP contribution is -1.95. The molecule has 0 saturated carbocycles. The molecule has 0 N–H and O–H groups in total. The Balaban J connectivity index is 2.31. The van der Waals surface area contributed by atoms with Gasteiger partial charge in [-0.2, -0.15) is 0 Å². The van der Waals surface area contributed by atoms with E-state index in [0.29, 0.717) is 16.1 Å². The molecule has 0 fully saturated rings. The van der Waals surface area contributed by atoms with Gasteiger partial charge in [-0.1, -0.05) is 11.6 Å². The maximum atomic E-state index is 5.87. The van der Waals surface area contributed by atoms with Gasteiger partial charge in [-0.05, 0) is 38.6 Å². The van der Waals surface area contributed by atoms with Gasteiger partial charge in [0.2, 0.25) is 0 Å². The predicted molar refractivity (Wildman–Crippen MR) is 67.4 cm³/mol. The SMILES string of the molecule is Cc1cc(C)nc(Sc2cc(Cl)nc(C)n2)n1. The average molecular weight is 267 g/mol. The van der Waals surface area contributed by atoms with Crippen LogP contribution in [0, 0.1) is 20.8 Å². The second kappa shape index (κ2) is 4.98. The Kier molecular flexibility index (Phi) is 3.59. The van der Waals surface area contributed by atoms with Gasteiger partial charge in [0.15, 0.2) is 5.16 Å². The van der Waals surface area contributed by atoms with E-state index in [4.69, 9.17) is 11.6 Å². The number of aromatic nitrogens is 4.